The SMILES string of the molecule is CC1(NCc2ccc(N3CCCCC3)cc2)CCOCC1. The highest BCUT2D eigenvalue weighted by Crippen LogP contribution is 2.22. The van der Waals surface area contributed by atoms with Gasteiger partial charge < -0.3 is 15.0 Å². The lowest BCUT2D eigenvalue weighted by Crippen LogP contribution is -2.46. The van der Waals surface area contributed by atoms with Crippen LogP contribution in [0.4, 0.5) is 5.69 Å². The third-order valence-electron chi connectivity index (χ3n) is 4.97. The predicted molar refractivity (Wildman–Crippen MR) is 87.8 cm³/mol. The molecular formula is C18H28N2O. The molecular weight excluding hydrogens is 260 g/mol. The molecule has 2 aliphatic heterocycles. The topological polar surface area (TPSA) is 24.5 Å². The van der Waals surface area contributed by atoms with Crippen LogP contribution >= 0.6 is 0 Å². The Morgan fingerprint density at radius 2 is 1.71 bits per heavy atom. The Bertz CT molecular complexity index is 431. The molecule has 1 N–H and O–H groups in total. The van der Waals surface area contributed by atoms with Gasteiger partial charge in [-0.1, -0.05) is 12.1 Å². The predicted octanol–water partition coefficient (Wildman–Crippen LogP) is 3.34. The van der Waals surface area contributed by atoms with E-state index in [4.69, 9.17) is 4.74 Å². The van der Waals surface area contributed by atoms with Crippen LogP contribution in [0.3, 0.4) is 0 Å². The van der Waals surface area contributed by atoms with Gasteiger partial charge in [0.25, 0.3) is 0 Å². The maximum absolute atomic E-state index is 5.45. The molecule has 0 saturated carbocycles. The van der Waals surface area contributed by atoms with E-state index in [-0.39, 0.29) is 5.54 Å². The quantitative estimate of drug-likeness (QED) is 0.919. The van der Waals surface area contributed by atoms with Crippen molar-refractivity contribution in [2.75, 3.05) is 31.2 Å². The number of rotatable bonds is 4. The van der Waals surface area contributed by atoms with Crippen LogP contribution in [0.25, 0.3) is 0 Å². The summed E-state index contributed by atoms with van der Waals surface area (Å²) in [6.45, 7) is 7.48. The molecule has 3 rings (SSSR count). The average molecular weight is 288 g/mol. The van der Waals surface area contributed by atoms with E-state index in [9.17, 15) is 0 Å². The molecule has 21 heavy (non-hydrogen) atoms. The van der Waals surface area contributed by atoms with Gasteiger partial charge in [0, 0.05) is 44.1 Å². The molecule has 116 valence electrons. The third-order valence-corrected chi connectivity index (χ3v) is 4.97. The fraction of sp³-hybridized carbons (Fsp3) is 0.667. The van der Waals surface area contributed by atoms with Crippen molar-refractivity contribution in [2.45, 2.75) is 51.1 Å². The molecule has 0 aromatic heterocycles. The molecule has 2 aliphatic rings. The van der Waals surface area contributed by atoms with E-state index in [2.05, 4.69) is 41.4 Å². The van der Waals surface area contributed by atoms with E-state index >= 15 is 0 Å². The summed E-state index contributed by atoms with van der Waals surface area (Å²) in [5, 5.41) is 3.72. The average Bonchev–Trinajstić information content (AvgIpc) is 2.55. The van der Waals surface area contributed by atoms with Crippen molar-refractivity contribution in [3.05, 3.63) is 29.8 Å². The van der Waals surface area contributed by atoms with Crippen LogP contribution in [-0.4, -0.2) is 31.8 Å². The molecule has 0 atom stereocenters. The molecule has 2 saturated heterocycles. The Balaban J connectivity index is 1.54. The fourth-order valence-electron chi connectivity index (χ4n) is 3.29. The number of piperidine rings is 1. The van der Waals surface area contributed by atoms with E-state index in [1.54, 1.807) is 0 Å². The summed E-state index contributed by atoms with van der Waals surface area (Å²) in [4.78, 5) is 2.51. The van der Waals surface area contributed by atoms with E-state index in [1.165, 1.54) is 43.6 Å². The van der Waals surface area contributed by atoms with E-state index < -0.39 is 0 Å². The summed E-state index contributed by atoms with van der Waals surface area (Å²) in [6, 6.07) is 9.13. The molecule has 0 unspecified atom stereocenters. The Kier molecular flexibility index (Phi) is 4.81. The first-order valence-electron chi connectivity index (χ1n) is 8.42. The van der Waals surface area contributed by atoms with E-state index in [1.807, 2.05) is 0 Å². The van der Waals surface area contributed by atoms with Crippen molar-refractivity contribution < 1.29 is 4.74 Å². The van der Waals surface area contributed by atoms with Crippen LogP contribution in [0.2, 0.25) is 0 Å². The number of nitrogens with one attached hydrogen (secondary N) is 1. The molecule has 2 heterocycles. The van der Waals surface area contributed by atoms with E-state index in [0.717, 1.165) is 32.6 Å². The van der Waals surface area contributed by atoms with Gasteiger partial charge in [-0.25, -0.2) is 0 Å². The second kappa shape index (κ2) is 6.80. The smallest absolute Gasteiger partial charge is 0.0483 e. The molecule has 0 radical (unpaired) electrons. The second-order valence-electron chi connectivity index (χ2n) is 6.74. The maximum atomic E-state index is 5.45. The highest BCUT2D eigenvalue weighted by atomic mass is 16.5. The normalized spacial score (nSPS) is 22.2. The van der Waals surface area contributed by atoms with Crippen molar-refractivity contribution in [2.24, 2.45) is 0 Å². The number of hydrogen-bond donors (Lipinski definition) is 1. The van der Waals surface area contributed by atoms with Crippen LogP contribution in [0.15, 0.2) is 24.3 Å². The monoisotopic (exact) mass is 288 g/mol. The van der Waals surface area contributed by atoms with Crippen LogP contribution in [0.1, 0.15) is 44.6 Å². The van der Waals surface area contributed by atoms with Gasteiger partial charge in [0.05, 0.1) is 0 Å². The lowest BCUT2D eigenvalue weighted by Gasteiger charge is -2.34. The number of nitrogens with zero attached hydrogens (tertiary/aromatic N) is 1. The van der Waals surface area contributed by atoms with E-state index in [0.29, 0.717) is 0 Å². The first-order chi connectivity index (χ1) is 10.3. The zero-order valence-corrected chi connectivity index (χ0v) is 13.2. The molecule has 0 amide bonds. The van der Waals surface area contributed by atoms with Crippen molar-refractivity contribution in [3.8, 4) is 0 Å². The number of hydrogen-bond acceptors (Lipinski definition) is 3. The summed E-state index contributed by atoms with van der Waals surface area (Å²) in [7, 11) is 0. The first kappa shape index (κ1) is 14.9. The summed E-state index contributed by atoms with van der Waals surface area (Å²) >= 11 is 0. The summed E-state index contributed by atoms with van der Waals surface area (Å²) in [5.41, 5.74) is 3.00. The zero-order chi connectivity index (χ0) is 14.5. The van der Waals surface area contributed by atoms with Gasteiger partial charge in [-0.05, 0) is 56.7 Å². The highest BCUT2D eigenvalue weighted by Gasteiger charge is 2.26. The number of benzene rings is 1. The van der Waals surface area contributed by atoms with Crippen LogP contribution in [-0.2, 0) is 11.3 Å². The van der Waals surface area contributed by atoms with Gasteiger partial charge in [0.15, 0.2) is 0 Å². The number of ether oxygens (including phenoxy) is 1. The number of anilines is 1. The van der Waals surface area contributed by atoms with Crippen molar-refractivity contribution >= 4 is 5.69 Å². The Morgan fingerprint density at radius 3 is 2.38 bits per heavy atom. The largest absolute Gasteiger partial charge is 0.381 e. The van der Waals surface area contributed by atoms with Gasteiger partial charge in [-0.2, -0.15) is 0 Å². The van der Waals surface area contributed by atoms with Crippen LogP contribution in [0.5, 0.6) is 0 Å². The van der Waals surface area contributed by atoms with Gasteiger partial charge in [-0.3, -0.25) is 0 Å². The van der Waals surface area contributed by atoms with Gasteiger partial charge in [-0.15, -0.1) is 0 Å². The minimum atomic E-state index is 0.240. The zero-order valence-electron chi connectivity index (χ0n) is 13.2. The summed E-state index contributed by atoms with van der Waals surface area (Å²) < 4.78 is 5.45. The first-order valence-corrected chi connectivity index (χ1v) is 8.42. The standard InChI is InChI=1S/C18H28N2O/c1-18(9-13-21-14-10-18)19-15-16-5-7-17(8-6-16)20-11-3-2-4-12-20/h5-8,19H,2-4,9-15H2,1H3. The Labute approximate surface area is 128 Å². The maximum Gasteiger partial charge on any atom is 0.0483 e. The third kappa shape index (κ3) is 3.98. The molecule has 2 fully saturated rings. The Morgan fingerprint density at radius 1 is 1.05 bits per heavy atom. The molecule has 1 aromatic rings. The Hall–Kier alpha value is -1.06. The molecule has 3 heteroatoms. The van der Waals surface area contributed by atoms with Gasteiger partial charge in [0.1, 0.15) is 0 Å². The minimum Gasteiger partial charge on any atom is -0.381 e. The van der Waals surface area contributed by atoms with Crippen LogP contribution in [0, 0.1) is 0 Å². The lowest BCUT2D eigenvalue weighted by molar-refractivity contribution is 0.0446. The highest BCUT2D eigenvalue weighted by molar-refractivity contribution is 5.47. The van der Waals surface area contributed by atoms with Crippen molar-refractivity contribution in [1.82, 2.24) is 5.32 Å². The molecule has 3 nitrogen and oxygen atoms in total. The minimum absolute atomic E-state index is 0.240. The molecule has 1 aromatic carbocycles. The fourth-order valence-corrected chi connectivity index (χ4v) is 3.29. The summed E-state index contributed by atoms with van der Waals surface area (Å²) in [6.07, 6.45) is 6.28. The summed E-state index contributed by atoms with van der Waals surface area (Å²) in [5.74, 6) is 0. The molecule has 0 aliphatic carbocycles. The van der Waals surface area contributed by atoms with Crippen molar-refractivity contribution in [1.29, 1.82) is 0 Å². The second-order valence-corrected chi connectivity index (χ2v) is 6.74. The van der Waals surface area contributed by atoms with Crippen LogP contribution < -0.4 is 10.2 Å². The van der Waals surface area contributed by atoms with Crippen molar-refractivity contribution in [3.63, 3.8) is 0 Å². The molecule has 0 spiro atoms. The van der Waals surface area contributed by atoms with Gasteiger partial charge in [0.2, 0.25) is 0 Å². The van der Waals surface area contributed by atoms with Gasteiger partial charge >= 0.3 is 0 Å². The lowest BCUT2D eigenvalue weighted by atomic mass is 9.92. The molecule has 0 bridgehead atoms.